The lowest BCUT2D eigenvalue weighted by Crippen LogP contribution is -2.42. The molecule has 1 atom stereocenters. The number of aliphatic hydroxyl groups is 1. The van der Waals surface area contributed by atoms with Crippen LogP contribution in [0.2, 0.25) is 0 Å². The average molecular weight is 531 g/mol. The Labute approximate surface area is 201 Å². The SMILES string of the molecule is CCCCCCC(C)NC(=NCc1ccc(CN2CCC(O)CC2)cc1)NCC.I. The monoisotopic (exact) mass is 530 g/mol. The quantitative estimate of drug-likeness (QED) is 0.168. The van der Waals surface area contributed by atoms with Crippen molar-refractivity contribution >= 4 is 29.9 Å². The molecule has 0 spiro atoms. The number of nitrogens with one attached hydrogen (secondary N) is 2. The lowest BCUT2D eigenvalue weighted by atomic mass is 10.1. The molecule has 5 nitrogen and oxygen atoms in total. The molecular formula is C24H43IN4O. The summed E-state index contributed by atoms with van der Waals surface area (Å²) in [4.78, 5) is 7.20. The number of benzene rings is 1. The van der Waals surface area contributed by atoms with E-state index in [2.05, 4.69) is 60.6 Å². The normalized spacial score (nSPS) is 16.7. The average Bonchev–Trinajstić information content (AvgIpc) is 2.72. The van der Waals surface area contributed by atoms with Gasteiger partial charge in [-0.15, -0.1) is 24.0 Å². The molecule has 1 aliphatic heterocycles. The van der Waals surface area contributed by atoms with Crippen LogP contribution in [0.15, 0.2) is 29.3 Å². The zero-order valence-electron chi connectivity index (χ0n) is 19.2. The lowest BCUT2D eigenvalue weighted by molar-refractivity contribution is 0.0792. The summed E-state index contributed by atoms with van der Waals surface area (Å²) in [5, 5.41) is 16.6. The number of aliphatic hydroxyl groups excluding tert-OH is 1. The van der Waals surface area contributed by atoms with Crippen LogP contribution in [0.5, 0.6) is 0 Å². The topological polar surface area (TPSA) is 59.9 Å². The van der Waals surface area contributed by atoms with Gasteiger partial charge >= 0.3 is 0 Å². The van der Waals surface area contributed by atoms with Crippen LogP contribution >= 0.6 is 24.0 Å². The minimum Gasteiger partial charge on any atom is -0.393 e. The number of hydrogen-bond acceptors (Lipinski definition) is 3. The first kappa shape index (κ1) is 27.2. The molecule has 1 aromatic rings. The molecular weight excluding hydrogens is 487 g/mol. The number of nitrogens with zero attached hydrogens (tertiary/aromatic N) is 2. The van der Waals surface area contributed by atoms with Gasteiger partial charge in [0, 0.05) is 32.2 Å². The number of rotatable bonds is 11. The van der Waals surface area contributed by atoms with Gasteiger partial charge in [0.05, 0.1) is 12.6 Å². The molecule has 3 N–H and O–H groups in total. The molecule has 172 valence electrons. The van der Waals surface area contributed by atoms with Gasteiger partial charge < -0.3 is 15.7 Å². The standard InChI is InChI=1S/C24H42N4O.HI/c1-4-6-7-8-9-20(3)27-24(25-5-2)26-18-21-10-12-22(13-11-21)19-28-16-14-23(29)15-17-28;/h10-13,20,23,29H,4-9,14-19H2,1-3H3,(H2,25,26,27);1H. The van der Waals surface area contributed by atoms with Gasteiger partial charge in [-0.2, -0.15) is 0 Å². The Hall–Kier alpha value is -0.860. The molecule has 1 unspecified atom stereocenters. The summed E-state index contributed by atoms with van der Waals surface area (Å²) in [5.74, 6) is 0.909. The third-order valence-electron chi connectivity index (χ3n) is 5.62. The Morgan fingerprint density at radius 1 is 1.10 bits per heavy atom. The maximum absolute atomic E-state index is 9.64. The minimum atomic E-state index is -0.106. The largest absolute Gasteiger partial charge is 0.393 e. The van der Waals surface area contributed by atoms with E-state index in [1.54, 1.807) is 0 Å². The van der Waals surface area contributed by atoms with E-state index in [1.165, 1.54) is 43.2 Å². The molecule has 6 heteroatoms. The molecule has 0 saturated carbocycles. The van der Waals surface area contributed by atoms with Crippen molar-refractivity contribution in [2.45, 2.75) is 91.0 Å². The third kappa shape index (κ3) is 11.0. The zero-order valence-corrected chi connectivity index (χ0v) is 21.5. The van der Waals surface area contributed by atoms with E-state index in [9.17, 15) is 5.11 Å². The number of hydrogen-bond donors (Lipinski definition) is 3. The fraction of sp³-hybridized carbons (Fsp3) is 0.708. The van der Waals surface area contributed by atoms with Crippen LogP contribution in [0.4, 0.5) is 0 Å². The zero-order chi connectivity index (χ0) is 20.9. The number of unbranched alkanes of at least 4 members (excludes halogenated alkanes) is 3. The van der Waals surface area contributed by atoms with Gasteiger partial charge in [-0.1, -0.05) is 56.9 Å². The molecule has 2 rings (SSSR count). The lowest BCUT2D eigenvalue weighted by Gasteiger charge is -2.29. The maximum Gasteiger partial charge on any atom is 0.191 e. The van der Waals surface area contributed by atoms with Crippen LogP contribution in [0.1, 0.15) is 76.8 Å². The van der Waals surface area contributed by atoms with Crippen LogP contribution in [-0.4, -0.2) is 47.7 Å². The molecule has 0 bridgehead atoms. The first-order valence-corrected chi connectivity index (χ1v) is 11.6. The van der Waals surface area contributed by atoms with Crippen LogP contribution in [0.25, 0.3) is 0 Å². The molecule has 30 heavy (non-hydrogen) atoms. The molecule has 1 fully saturated rings. The van der Waals surface area contributed by atoms with Gasteiger partial charge in [0.1, 0.15) is 0 Å². The number of piperidine rings is 1. The second kappa shape index (κ2) is 15.9. The van der Waals surface area contributed by atoms with Crippen molar-refractivity contribution in [3.63, 3.8) is 0 Å². The molecule has 0 radical (unpaired) electrons. The van der Waals surface area contributed by atoms with Gasteiger partial charge in [-0.25, -0.2) is 4.99 Å². The summed E-state index contributed by atoms with van der Waals surface area (Å²) in [7, 11) is 0. The first-order valence-electron chi connectivity index (χ1n) is 11.6. The molecule has 0 aromatic heterocycles. The fourth-order valence-electron chi connectivity index (χ4n) is 3.76. The van der Waals surface area contributed by atoms with Crippen LogP contribution in [-0.2, 0) is 13.1 Å². The molecule has 1 aromatic carbocycles. The van der Waals surface area contributed by atoms with Gasteiger partial charge in [-0.05, 0) is 44.2 Å². The summed E-state index contributed by atoms with van der Waals surface area (Å²) in [6.45, 7) is 11.1. The van der Waals surface area contributed by atoms with Gasteiger partial charge in [0.15, 0.2) is 5.96 Å². The first-order chi connectivity index (χ1) is 14.1. The Kier molecular flexibility index (Phi) is 14.4. The van der Waals surface area contributed by atoms with Crippen molar-refractivity contribution in [2.75, 3.05) is 19.6 Å². The number of guanidine groups is 1. The summed E-state index contributed by atoms with van der Waals surface area (Å²) >= 11 is 0. The van der Waals surface area contributed by atoms with Crippen molar-refractivity contribution < 1.29 is 5.11 Å². The highest BCUT2D eigenvalue weighted by molar-refractivity contribution is 14.0. The van der Waals surface area contributed by atoms with Crippen LogP contribution in [0.3, 0.4) is 0 Å². The van der Waals surface area contributed by atoms with E-state index >= 15 is 0 Å². The number of likely N-dealkylation sites (tertiary alicyclic amines) is 1. The molecule has 0 amide bonds. The summed E-state index contributed by atoms with van der Waals surface area (Å²) in [6.07, 6.45) is 8.08. The van der Waals surface area contributed by atoms with Crippen LogP contribution in [0, 0.1) is 0 Å². The van der Waals surface area contributed by atoms with E-state index in [-0.39, 0.29) is 30.1 Å². The highest BCUT2D eigenvalue weighted by Crippen LogP contribution is 2.14. The molecule has 0 aliphatic carbocycles. The highest BCUT2D eigenvalue weighted by Gasteiger charge is 2.16. The second-order valence-electron chi connectivity index (χ2n) is 8.41. The molecule has 1 aliphatic rings. The van der Waals surface area contributed by atoms with Crippen LogP contribution < -0.4 is 10.6 Å². The third-order valence-corrected chi connectivity index (χ3v) is 5.62. The summed E-state index contributed by atoms with van der Waals surface area (Å²) in [5.41, 5.74) is 2.57. The number of halogens is 1. The van der Waals surface area contributed by atoms with Crippen molar-refractivity contribution in [3.05, 3.63) is 35.4 Å². The Morgan fingerprint density at radius 3 is 2.40 bits per heavy atom. The predicted molar refractivity (Wildman–Crippen MR) is 139 cm³/mol. The van der Waals surface area contributed by atoms with E-state index in [4.69, 9.17) is 4.99 Å². The summed E-state index contributed by atoms with van der Waals surface area (Å²) < 4.78 is 0. The molecule has 1 heterocycles. The van der Waals surface area contributed by atoms with Crippen molar-refractivity contribution in [1.82, 2.24) is 15.5 Å². The van der Waals surface area contributed by atoms with E-state index in [0.29, 0.717) is 12.6 Å². The van der Waals surface area contributed by atoms with E-state index < -0.39 is 0 Å². The fourth-order valence-corrected chi connectivity index (χ4v) is 3.76. The van der Waals surface area contributed by atoms with E-state index in [1.807, 2.05) is 0 Å². The van der Waals surface area contributed by atoms with Crippen molar-refractivity contribution in [1.29, 1.82) is 0 Å². The Balaban J connectivity index is 0.00000450. The summed E-state index contributed by atoms with van der Waals surface area (Å²) in [6, 6.07) is 9.25. The van der Waals surface area contributed by atoms with Gasteiger partial charge in [0.2, 0.25) is 0 Å². The number of aliphatic imine (C=N–C) groups is 1. The van der Waals surface area contributed by atoms with Crippen molar-refractivity contribution in [2.24, 2.45) is 4.99 Å². The van der Waals surface area contributed by atoms with Gasteiger partial charge in [-0.3, -0.25) is 4.90 Å². The maximum atomic E-state index is 9.64. The smallest absolute Gasteiger partial charge is 0.191 e. The minimum absolute atomic E-state index is 0. The van der Waals surface area contributed by atoms with E-state index in [0.717, 1.165) is 45.0 Å². The highest BCUT2D eigenvalue weighted by atomic mass is 127. The van der Waals surface area contributed by atoms with Crippen molar-refractivity contribution in [3.8, 4) is 0 Å². The van der Waals surface area contributed by atoms with Gasteiger partial charge in [0.25, 0.3) is 0 Å². The Bertz CT molecular complexity index is 585. The Morgan fingerprint density at radius 2 is 1.77 bits per heavy atom. The second-order valence-corrected chi connectivity index (χ2v) is 8.41. The predicted octanol–water partition coefficient (Wildman–Crippen LogP) is 4.68. The molecule has 1 saturated heterocycles.